The lowest BCUT2D eigenvalue weighted by molar-refractivity contribution is -0.123. The van der Waals surface area contributed by atoms with E-state index in [1.54, 1.807) is 84.9 Å². The zero-order chi connectivity index (χ0) is 28.3. The molecule has 9 nitrogen and oxygen atoms in total. The van der Waals surface area contributed by atoms with Crippen LogP contribution in [0.2, 0.25) is 0 Å². The fourth-order valence-electron chi connectivity index (χ4n) is 3.35. The van der Waals surface area contributed by atoms with Crippen molar-refractivity contribution < 1.29 is 33.3 Å². The van der Waals surface area contributed by atoms with Gasteiger partial charge in [-0.05, 0) is 66.2 Å². The van der Waals surface area contributed by atoms with Gasteiger partial charge in [0.1, 0.15) is 0 Å². The second-order valence-corrected chi connectivity index (χ2v) is 9.01. The molecule has 0 fully saturated rings. The van der Waals surface area contributed by atoms with Crippen molar-refractivity contribution in [3.8, 4) is 23.0 Å². The molecule has 0 spiro atoms. The molecule has 0 saturated carbocycles. The van der Waals surface area contributed by atoms with Crippen molar-refractivity contribution in [3.63, 3.8) is 0 Å². The van der Waals surface area contributed by atoms with E-state index in [-0.39, 0.29) is 18.1 Å². The fraction of sp³-hybridized carbons (Fsp3) is 0.0667. The van der Waals surface area contributed by atoms with Crippen LogP contribution in [0.5, 0.6) is 23.0 Å². The minimum absolute atomic E-state index is 0.000854. The van der Waals surface area contributed by atoms with Gasteiger partial charge in [-0.25, -0.2) is 15.0 Å². The van der Waals surface area contributed by atoms with E-state index in [0.29, 0.717) is 28.2 Å². The fourth-order valence-corrected chi connectivity index (χ4v) is 3.69. The molecule has 4 aromatic rings. The van der Waals surface area contributed by atoms with Gasteiger partial charge in [-0.2, -0.15) is 5.10 Å². The van der Waals surface area contributed by atoms with Crippen LogP contribution in [0, 0.1) is 0 Å². The van der Waals surface area contributed by atoms with Crippen LogP contribution in [0.3, 0.4) is 0 Å². The summed E-state index contributed by atoms with van der Waals surface area (Å²) >= 11 is 3.34. The number of amides is 1. The van der Waals surface area contributed by atoms with Gasteiger partial charge in [-0.3, -0.25) is 4.79 Å². The topological polar surface area (TPSA) is 113 Å². The first-order chi connectivity index (χ1) is 19.4. The van der Waals surface area contributed by atoms with Gasteiger partial charge in [0.05, 0.1) is 24.5 Å². The molecule has 0 aliphatic heterocycles. The highest BCUT2D eigenvalue weighted by Crippen LogP contribution is 2.31. The summed E-state index contributed by atoms with van der Waals surface area (Å²) in [6.45, 7) is -0.302. The number of hydrogen-bond acceptors (Lipinski definition) is 8. The third-order valence-electron chi connectivity index (χ3n) is 5.28. The predicted molar refractivity (Wildman–Crippen MR) is 151 cm³/mol. The molecule has 0 unspecified atom stereocenters. The number of nitrogens with zero attached hydrogens (tertiary/aromatic N) is 1. The average molecular weight is 603 g/mol. The minimum atomic E-state index is -0.638. The third-order valence-corrected chi connectivity index (χ3v) is 5.77. The van der Waals surface area contributed by atoms with Gasteiger partial charge < -0.3 is 18.9 Å². The number of carbonyl (C=O) groups is 3. The van der Waals surface area contributed by atoms with Crippen LogP contribution in [0.15, 0.2) is 107 Å². The van der Waals surface area contributed by atoms with Gasteiger partial charge in [0.15, 0.2) is 29.6 Å². The SMILES string of the molecule is COc1cc(Br)ccc1OCC(=O)N/N=C\c1ccc(OC(=O)c2ccccc2)c(OC(=O)c2ccccc2)c1. The zero-order valence-corrected chi connectivity index (χ0v) is 22.8. The molecule has 202 valence electrons. The summed E-state index contributed by atoms with van der Waals surface area (Å²) < 4.78 is 22.6. The Balaban J connectivity index is 1.45. The molecule has 0 aromatic heterocycles. The quantitative estimate of drug-likeness (QED) is 0.111. The predicted octanol–water partition coefficient (Wildman–Crippen LogP) is 5.43. The van der Waals surface area contributed by atoms with Gasteiger partial charge in [0.2, 0.25) is 0 Å². The van der Waals surface area contributed by atoms with Crippen LogP contribution >= 0.6 is 15.9 Å². The summed E-state index contributed by atoms with van der Waals surface area (Å²) in [4.78, 5) is 37.6. The molecule has 0 aliphatic carbocycles. The summed E-state index contributed by atoms with van der Waals surface area (Å²) in [6.07, 6.45) is 1.35. The lowest BCUT2D eigenvalue weighted by atomic mass is 10.2. The first kappa shape index (κ1) is 28.1. The van der Waals surface area contributed by atoms with E-state index in [2.05, 4.69) is 26.5 Å². The molecule has 0 saturated heterocycles. The number of esters is 2. The number of methoxy groups -OCH3 is 1. The summed E-state index contributed by atoms with van der Waals surface area (Å²) in [5.74, 6) is -0.860. The van der Waals surface area contributed by atoms with Gasteiger partial charge in [0.25, 0.3) is 5.91 Å². The second kappa shape index (κ2) is 13.7. The van der Waals surface area contributed by atoms with Crippen LogP contribution in [-0.4, -0.2) is 37.8 Å². The first-order valence-electron chi connectivity index (χ1n) is 11.9. The van der Waals surface area contributed by atoms with E-state index >= 15 is 0 Å². The first-order valence-corrected chi connectivity index (χ1v) is 12.7. The van der Waals surface area contributed by atoms with Gasteiger partial charge >= 0.3 is 11.9 Å². The molecule has 0 aliphatic rings. The number of hydrogen-bond donors (Lipinski definition) is 1. The lowest BCUT2D eigenvalue weighted by Gasteiger charge is -2.12. The smallest absolute Gasteiger partial charge is 0.343 e. The van der Waals surface area contributed by atoms with E-state index in [1.807, 2.05) is 0 Å². The number of hydrazone groups is 1. The molecule has 10 heteroatoms. The molecule has 0 heterocycles. The maximum atomic E-state index is 12.7. The monoisotopic (exact) mass is 602 g/mol. The van der Waals surface area contributed by atoms with Crippen LogP contribution in [0.25, 0.3) is 0 Å². The molecule has 0 radical (unpaired) electrons. The number of halogens is 1. The lowest BCUT2D eigenvalue weighted by Crippen LogP contribution is -2.24. The Bertz CT molecular complexity index is 1530. The maximum Gasteiger partial charge on any atom is 0.343 e. The van der Waals surface area contributed by atoms with E-state index in [4.69, 9.17) is 18.9 Å². The third kappa shape index (κ3) is 7.78. The Labute approximate surface area is 238 Å². The number of benzene rings is 4. The summed E-state index contributed by atoms with van der Waals surface area (Å²) in [5.41, 5.74) is 3.48. The summed E-state index contributed by atoms with van der Waals surface area (Å²) in [6, 6.07) is 26.5. The zero-order valence-electron chi connectivity index (χ0n) is 21.2. The number of rotatable bonds is 10. The highest BCUT2D eigenvalue weighted by Gasteiger charge is 2.17. The van der Waals surface area contributed by atoms with E-state index in [9.17, 15) is 14.4 Å². The van der Waals surface area contributed by atoms with Crippen molar-refractivity contribution >= 4 is 40.0 Å². The van der Waals surface area contributed by atoms with Crippen LogP contribution < -0.4 is 24.4 Å². The van der Waals surface area contributed by atoms with Crippen LogP contribution in [-0.2, 0) is 4.79 Å². The maximum absolute atomic E-state index is 12.7. The Morgan fingerprint density at radius 3 is 1.98 bits per heavy atom. The second-order valence-electron chi connectivity index (χ2n) is 8.09. The Hall–Kier alpha value is -4.96. The molecular weight excluding hydrogens is 580 g/mol. The summed E-state index contributed by atoms with van der Waals surface area (Å²) in [7, 11) is 1.50. The van der Waals surface area contributed by atoms with Gasteiger partial charge in [-0.15, -0.1) is 0 Å². The molecular formula is C30H23BrN2O7. The molecule has 4 rings (SSSR count). The molecule has 4 aromatic carbocycles. The standard InChI is InChI=1S/C30H23BrN2O7/c1-37-26-17-23(31)13-15-24(26)38-19-28(34)33-32-18-20-12-14-25(39-29(35)21-8-4-2-5-9-21)27(16-20)40-30(36)22-10-6-3-7-11-22/h2-18H,19H2,1H3,(H,33,34)/b32-18-. The normalized spacial score (nSPS) is 10.6. The minimum Gasteiger partial charge on any atom is -0.493 e. The molecule has 0 bridgehead atoms. The number of carbonyl (C=O) groups excluding carboxylic acids is 3. The van der Waals surface area contributed by atoms with Crippen molar-refractivity contribution in [2.45, 2.75) is 0 Å². The van der Waals surface area contributed by atoms with Crippen molar-refractivity contribution in [2.75, 3.05) is 13.7 Å². The Kier molecular flexibility index (Phi) is 9.62. The largest absolute Gasteiger partial charge is 0.493 e. The van der Waals surface area contributed by atoms with E-state index < -0.39 is 17.8 Å². The van der Waals surface area contributed by atoms with Crippen molar-refractivity contribution in [3.05, 3.63) is 118 Å². The Morgan fingerprint density at radius 1 is 0.750 bits per heavy atom. The highest BCUT2D eigenvalue weighted by atomic mass is 79.9. The Morgan fingerprint density at radius 2 is 1.35 bits per heavy atom. The molecule has 0 atom stereocenters. The molecule has 1 N–H and O–H groups in total. The van der Waals surface area contributed by atoms with Crippen molar-refractivity contribution in [1.82, 2.24) is 5.43 Å². The molecule has 40 heavy (non-hydrogen) atoms. The molecule has 1 amide bonds. The van der Waals surface area contributed by atoms with Crippen molar-refractivity contribution in [2.24, 2.45) is 5.10 Å². The van der Waals surface area contributed by atoms with Crippen molar-refractivity contribution in [1.29, 1.82) is 0 Å². The van der Waals surface area contributed by atoms with Gasteiger partial charge in [-0.1, -0.05) is 52.3 Å². The van der Waals surface area contributed by atoms with E-state index in [0.717, 1.165) is 4.47 Å². The van der Waals surface area contributed by atoms with E-state index in [1.165, 1.54) is 25.5 Å². The number of nitrogens with one attached hydrogen (secondary N) is 1. The van der Waals surface area contributed by atoms with Gasteiger partial charge in [0, 0.05) is 4.47 Å². The average Bonchev–Trinajstić information content (AvgIpc) is 2.98. The van der Waals surface area contributed by atoms with Crippen LogP contribution in [0.1, 0.15) is 26.3 Å². The van der Waals surface area contributed by atoms with Crippen LogP contribution in [0.4, 0.5) is 0 Å². The summed E-state index contributed by atoms with van der Waals surface area (Å²) in [5, 5.41) is 3.94. The highest BCUT2D eigenvalue weighted by molar-refractivity contribution is 9.10. The number of ether oxygens (including phenoxy) is 4.